The zero-order valence-electron chi connectivity index (χ0n) is 18.3. The summed E-state index contributed by atoms with van der Waals surface area (Å²) < 4.78 is 7.05. The van der Waals surface area contributed by atoms with Crippen molar-refractivity contribution in [2.24, 2.45) is 17.5 Å². The van der Waals surface area contributed by atoms with E-state index in [1.54, 1.807) is 12.0 Å². The van der Waals surface area contributed by atoms with Crippen molar-refractivity contribution in [3.8, 4) is 0 Å². The highest BCUT2D eigenvalue weighted by Crippen LogP contribution is 2.38. The zero-order chi connectivity index (χ0) is 20.6. The first-order valence-corrected chi connectivity index (χ1v) is 9.97. The number of halogens is 1. The highest BCUT2D eigenvalue weighted by Gasteiger charge is 2.42. The van der Waals surface area contributed by atoms with E-state index in [0.29, 0.717) is 25.7 Å². The van der Waals surface area contributed by atoms with Crippen molar-refractivity contribution in [3.63, 3.8) is 0 Å². The Morgan fingerprint density at radius 3 is 2.52 bits per heavy atom. The molecule has 1 aliphatic carbocycles. The molecule has 1 aromatic rings. The molecule has 10 heteroatoms. The summed E-state index contributed by atoms with van der Waals surface area (Å²) in [6.45, 7) is 4.35. The van der Waals surface area contributed by atoms with Gasteiger partial charge in [-0.3, -0.25) is 4.79 Å². The number of aromatic nitrogens is 3. The largest absolute Gasteiger partial charge is 0.385 e. The molecule has 166 valence electrons. The van der Waals surface area contributed by atoms with Crippen LogP contribution in [0.5, 0.6) is 0 Å². The molecule has 0 spiro atoms. The number of amides is 1. The van der Waals surface area contributed by atoms with E-state index in [2.05, 4.69) is 25.8 Å². The molecule has 1 fully saturated rings. The fourth-order valence-corrected chi connectivity index (χ4v) is 3.58. The number of rotatable bonds is 9. The number of guanidine groups is 1. The first-order valence-electron chi connectivity index (χ1n) is 9.97. The molecule has 0 unspecified atom stereocenters. The second-order valence-electron chi connectivity index (χ2n) is 7.70. The van der Waals surface area contributed by atoms with Crippen LogP contribution < -0.4 is 10.6 Å². The number of methoxy groups -OCH3 is 1. The monoisotopic (exact) mass is 521 g/mol. The molecule has 1 aliphatic rings. The highest BCUT2D eigenvalue weighted by atomic mass is 127. The van der Waals surface area contributed by atoms with Crippen LogP contribution in [0.2, 0.25) is 0 Å². The van der Waals surface area contributed by atoms with Crippen molar-refractivity contribution in [2.45, 2.75) is 45.6 Å². The first kappa shape index (κ1) is 25.6. The van der Waals surface area contributed by atoms with Crippen LogP contribution in [-0.2, 0) is 23.1 Å². The summed E-state index contributed by atoms with van der Waals surface area (Å²) >= 11 is 0. The van der Waals surface area contributed by atoms with Crippen LogP contribution in [0.4, 0.5) is 0 Å². The van der Waals surface area contributed by atoms with E-state index in [9.17, 15) is 4.79 Å². The van der Waals surface area contributed by atoms with Gasteiger partial charge in [-0.2, -0.15) is 0 Å². The summed E-state index contributed by atoms with van der Waals surface area (Å²) in [5.41, 5.74) is -0.347. The second kappa shape index (κ2) is 12.3. The molecule has 0 aliphatic heterocycles. The fraction of sp³-hybridized carbons (Fsp3) is 0.789. The quantitative estimate of drug-likeness (QED) is 0.221. The molecular weight excluding hydrogens is 485 g/mol. The standard InChI is InChI=1S/C19H35N7O2.HI/c1-15-23-24-16(26(15)4)13-21-18(20-11-8-12-28-5)22-14-19(9-6-7-10-19)17(27)25(2)3;/h6-14H2,1-5H3,(H2,20,21,22);1H. The van der Waals surface area contributed by atoms with E-state index >= 15 is 0 Å². The Bertz CT molecular complexity index is 670. The van der Waals surface area contributed by atoms with Gasteiger partial charge in [-0.1, -0.05) is 12.8 Å². The van der Waals surface area contributed by atoms with Crippen molar-refractivity contribution < 1.29 is 9.53 Å². The summed E-state index contributed by atoms with van der Waals surface area (Å²) in [6, 6.07) is 0. The van der Waals surface area contributed by atoms with Crippen molar-refractivity contribution in [1.82, 2.24) is 30.3 Å². The molecular formula is C19H36IN7O2. The smallest absolute Gasteiger partial charge is 0.230 e. The summed E-state index contributed by atoms with van der Waals surface area (Å²) in [5.74, 6) is 2.54. The minimum atomic E-state index is -0.347. The van der Waals surface area contributed by atoms with Crippen molar-refractivity contribution >= 4 is 35.8 Å². The average molecular weight is 521 g/mol. The third kappa shape index (κ3) is 7.09. The molecule has 1 heterocycles. The molecule has 1 aromatic heterocycles. The predicted molar refractivity (Wildman–Crippen MR) is 124 cm³/mol. The molecule has 0 bridgehead atoms. The van der Waals surface area contributed by atoms with Gasteiger partial charge in [0, 0.05) is 47.9 Å². The van der Waals surface area contributed by atoms with Crippen LogP contribution in [0.15, 0.2) is 4.99 Å². The van der Waals surface area contributed by atoms with E-state index < -0.39 is 0 Å². The SMILES string of the molecule is COCCCNC(=NCc1nnc(C)n1C)NCC1(C(=O)N(C)C)CCCC1.I. The maximum atomic E-state index is 12.8. The Balaban J connectivity index is 0.00000420. The predicted octanol–water partition coefficient (Wildman–Crippen LogP) is 1.46. The van der Waals surface area contributed by atoms with E-state index in [-0.39, 0.29) is 35.3 Å². The first-order chi connectivity index (χ1) is 13.4. The number of carbonyl (C=O) groups is 1. The number of aryl methyl sites for hydroxylation is 1. The van der Waals surface area contributed by atoms with Crippen LogP contribution in [0.1, 0.15) is 43.8 Å². The Hall–Kier alpha value is -1.43. The van der Waals surface area contributed by atoms with Gasteiger partial charge in [-0.05, 0) is 26.2 Å². The Morgan fingerprint density at radius 2 is 1.97 bits per heavy atom. The number of ether oxygens (including phenoxy) is 1. The maximum Gasteiger partial charge on any atom is 0.230 e. The lowest BCUT2D eigenvalue weighted by Gasteiger charge is -2.31. The lowest BCUT2D eigenvalue weighted by molar-refractivity contribution is -0.138. The molecule has 0 aromatic carbocycles. The van der Waals surface area contributed by atoms with Gasteiger partial charge in [0.2, 0.25) is 5.91 Å². The van der Waals surface area contributed by atoms with Crippen LogP contribution in [0.3, 0.4) is 0 Å². The molecule has 0 atom stereocenters. The second-order valence-corrected chi connectivity index (χ2v) is 7.70. The molecule has 2 N–H and O–H groups in total. The Kier molecular flexibility index (Phi) is 10.9. The topological polar surface area (TPSA) is 96.7 Å². The third-order valence-corrected chi connectivity index (χ3v) is 5.39. The Morgan fingerprint density at radius 1 is 1.28 bits per heavy atom. The Labute approximate surface area is 191 Å². The molecule has 2 rings (SSSR count). The van der Waals surface area contributed by atoms with Gasteiger partial charge >= 0.3 is 0 Å². The van der Waals surface area contributed by atoms with Gasteiger partial charge in [0.25, 0.3) is 0 Å². The summed E-state index contributed by atoms with van der Waals surface area (Å²) in [5, 5.41) is 15.0. The minimum Gasteiger partial charge on any atom is -0.385 e. The number of carbonyl (C=O) groups excluding carboxylic acids is 1. The zero-order valence-corrected chi connectivity index (χ0v) is 20.7. The number of nitrogens with one attached hydrogen (secondary N) is 2. The molecule has 0 saturated heterocycles. The van der Waals surface area contributed by atoms with E-state index in [4.69, 9.17) is 4.74 Å². The molecule has 1 saturated carbocycles. The number of hydrogen-bond donors (Lipinski definition) is 2. The van der Waals surface area contributed by atoms with Crippen LogP contribution >= 0.6 is 24.0 Å². The molecule has 9 nitrogen and oxygen atoms in total. The van der Waals surface area contributed by atoms with Gasteiger partial charge in [-0.15, -0.1) is 34.2 Å². The average Bonchev–Trinajstić information content (AvgIpc) is 3.28. The van der Waals surface area contributed by atoms with Gasteiger partial charge in [0.05, 0.1) is 5.41 Å². The lowest BCUT2D eigenvalue weighted by Crippen LogP contribution is -2.49. The molecule has 29 heavy (non-hydrogen) atoms. The third-order valence-electron chi connectivity index (χ3n) is 5.39. The number of hydrogen-bond acceptors (Lipinski definition) is 5. The van der Waals surface area contributed by atoms with Gasteiger partial charge in [0.1, 0.15) is 12.4 Å². The summed E-state index contributed by atoms with van der Waals surface area (Å²) in [7, 11) is 7.29. The minimum absolute atomic E-state index is 0. The normalized spacial score (nSPS) is 15.7. The van der Waals surface area contributed by atoms with Crippen LogP contribution in [-0.4, -0.2) is 72.4 Å². The van der Waals surface area contributed by atoms with E-state index in [0.717, 1.165) is 50.3 Å². The molecule has 1 amide bonds. The van der Waals surface area contributed by atoms with Crippen LogP contribution in [0, 0.1) is 12.3 Å². The summed E-state index contributed by atoms with van der Waals surface area (Å²) in [6.07, 6.45) is 4.88. The maximum absolute atomic E-state index is 12.8. The van der Waals surface area contributed by atoms with Gasteiger partial charge < -0.3 is 24.8 Å². The van der Waals surface area contributed by atoms with Crippen molar-refractivity contribution in [3.05, 3.63) is 11.6 Å². The number of aliphatic imine (C=N–C) groups is 1. The van der Waals surface area contributed by atoms with Gasteiger partial charge in [0.15, 0.2) is 11.8 Å². The highest BCUT2D eigenvalue weighted by molar-refractivity contribution is 14.0. The lowest BCUT2D eigenvalue weighted by atomic mass is 9.84. The number of nitrogens with zero attached hydrogens (tertiary/aromatic N) is 5. The molecule has 0 radical (unpaired) electrons. The van der Waals surface area contributed by atoms with E-state index in [1.807, 2.05) is 32.6 Å². The summed E-state index contributed by atoms with van der Waals surface area (Å²) in [4.78, 5) is 19.2. The van der Waals surface area contributed by atoms with E-state index in [1.165, 1.54) is 0 Å². The fourth-order valence-electron chi connectivity index (χ4n) is 3.58. The van der Waals surface area contributed by atoms with Crippen molar-refractivity contribution in [2.75, 3.05) is 40.9 Å². The van der Waals surface area contributed by atoms with Gasteiger partial charge in [-0.25, -0.2) is 4.99 Å². The van der Waals surface area contributed by atoms with Crippen molar-refractivity contribution in [1.29, 1.82) is 0 Å². The van der Waals surface area contributed by atoms with Crippen LogP contribution in [0.25, 0.3) is 0 Å².